The van der Waals surface area contributed by atoms with E-state index in [2.05, 4.69) is 15.3 Å². The third-order valence-corrected chi connectivity index (χ3v) is 3.12. The molecule has 1 aliphatic heterocycles. The Kier molecular flexibility index (Phi) is 4.11. The summed E-state index contributed by atoms with van der Waals surface area (Å²) in [6.07, 6.45) is 3.30. The molecule has 2 rings (SSSR count). The van der Waals surface area contributed by atoms with E-state index in [9.17, 15) is 4.79 Å². The van der Waals surface area contributed by atoms with E-state index < -0.39 is 5.60 Å². The quantitative estimate of drug-likeness (QED) is 0.900. The lowest BCUT2D eigenvalue weighted by Gasteiger charge is -2.28. The first kappa shape index (κ1) is 14.6. The van der Waals surface area contributed by atoms with Gasteiger partial charge in [0.1, 0.15) is 5.60 Å². The van der Waals surface area contributed by atoms with Crippen molar-refractivity contribution in [2.75, 3.05) is 18.9 Å². The molecule has 0 aliphatic carbocycles. The fourth-order valence-corrected chi connectivity index (χ4v) is 2.29. The van der Waals surface area contributed by atoms with Gasteiger partial charge in [-0.3, -0.25) is 4.90 Å². The number of hydrogen-bond donors (Lipinski definition) is 1. The van der Waals surface area contributed by atoms with Crippen LogP contribution in [0.3, 0.4) is 0 Å². The summed E-state index contributed by atoms with van der Waals surface area (Å²) in [5.74, 6) is 0.568. The SMILES string of the molecule is CNc1nccc(C2CCCN2C(=O)OC(C)(C)C)n1. The molecule has 1 fully saturated rings. The molecule has 0 aromatic carbocycles. The molecular formula is C14H22N4O2. The first-order valence-corrected chi connectivity index (χ1v) is 6.91. The number of carbonyl (C=O) groups excluding carboxylic acids is 1. The Hall–Kier alpha value is -1.85. The molecule has 6 nitrogen and oxygen atoms in total. The van der Waals surface area contributed by atoms with E-state index in [1.165, 1.54) is 0 Å². The zero-order chi connectivity index (χ0) is 14.8. The van der Waals surface area contributed by atoms with Gasteiger partial charge in [-0.1, -0.05) is 0 Å². The smallest absolute Gasteiger partial charge is 0.410 e. The zero-order valence-electron chi connectivity index (χ0n) is 12.5. The first-order valence-electron chi connectivity index (χ1n) is 6.91. The summed E-state index contributed by atoms with van der Waals surface area (Å²) in [5, 5.41) is 2.92. The molecule has 6 heteroatoms. The summed E-state index contributed by atoms with van der Waals surface area (Å²) >= 11 is 0. The maximum Gasteiger partial charge on any atom is 0.410 e. The summed E-state index contributed by atoms with van der Waals surface area (Å²) in [7, 11) is 1.78. The zero-order valence-corrected chi connectivity index (χ0v) is 12.5. The second-order valence-electron chi connectivity index (χ2n) is 5.89. The largest absolute Gasteiger partial charge is 0.444 e. The van der Waals surface area contributed by atoms with Crippen LogP contribution in [0.25, 0.3) is 0 Å². The van der Waals surface area contributed by atoms with Crippen LogP contribution in [0.5, 0.6) is 0 Å². The van der Waals surface area contributed by atoms with Gasteiger partial charge in [-0.05, 0) is 39.7 Å². The maximum absolute atomic E-state index is 12.2. The van der Waals surface area contributed by atoms with Crippen molar-refractivity contribution in [2.45, 2.75) is 45.3 Å². The second kappa shape index (κ2) is 5.64. The van der Waals surface area contributed by atoms with E-state index in [4.69, 9.17) is 4.74 Å². The standard InChI is InChI=1S/C14H22N4O2/c1-14(2,3)20-13(19)18-9-5-6-11(18)10-7-8-16-12(15-4)17-10/h7-8,11H,5-6,9H2,1-4H3,(H,15,16,17). The molecule has 1 amide bonds. The lowest BCUT2D eigenvalue weighted by atomic mass is 10.1. The van der Waals surface area contributed by atoms with E-state index in [0.29, 0.717) is 12.5 Å². The number of nitrogens with zero attached hydrogens (tertiary/aromatic N) is 3. The predicted molar refractivity (Wildman–Crippen MR) is 76.5 cm³/mol. The maximum atomic E-state index is 12.2. The lowest BCUT2D eigenvalue weighted by molar-refractivity contribution is 0.0221. The van der Waals surface area contributed by atoms with Crippen LogP contribution >= 0.6 is 0 Å². The van der Waals surface area contributed by atoms with Crippen molar-refractivity contribution >= 4 is 12.0 Å². The normalized spacial score (nSPS) is 19.0. The predicted octanol–water partition coefficient (Wildman–Crippen LogP) is 2.59. The van der Waals surface area contributed by atoms with E-state index in [1.807, 2.05) is 26.8 Å². The molecule has 1 aromatic rings. The van der Waals surface area contributed by atoms with E-state index in [-0.39, 0.29) is 12.1 Å². The molecule has 0 bridgehead atoms. The average Bonchev–Trinajstić information content (AvgIpc) is 2.86. The summed E-state index contributed by atoms with van der Waals surface area (Å²) in [5.41, 5.74) is 0.374. The summed E-state index contributed by atoms with van der Waals surface area (Å²) in [6.45, 7) is 6.33. The number of ether oxygens (including phenoxy) is 1. The molecule has 1 aliphatic rings. The van der Waals surface area contributed by atoms with E-state index in [0.717, 1.165) is 18.5 Å². The van der Waals surface area contributed by atoms with Crippen molar-refractivity contribution in [2.24, 2.45) is 0 Å². The Bertz CT molecular complexity index is 484. The number of aromatic nitrogens is 2. The number of carbonyl (C=O) groups is 1. The van der Waals surface area contributed by atoms with Crippen LogP contribution in [0, 0.1) is 0 Å². The Labute approximate surface area is 119 Å². The molecule has 1 aromatic heterocycles. The van der Waals surface area contributed by atoms with Gasteiger partial charge in [-0.15, -0.1) is 0 Å². The number of likely N-dealkylation sites (tertiary alicyclic amines) is 1. The number of anilines is 1. The van der Waals surface area contributed by atoms with Gasteiger partial charge in [0.2, 0.25) is 5.95 Å². The average molecular weight is 278 g/mol. The van der Waals surface area contributed by atoms with Crippen molar-refractivity contribution < 1.29 is 9.53 Å². The Balaban J connectivity index is 2.16. The van der Waals surface area contributed by atoms with Crippen molar-refractivity contribution in [1.82, 2.24) is 14.9 Å². The van der Waals surface area contributed by atoms with Gasteiger partial charge in [0.15, 0.2) is 0 Å². The number of rotatable bonds is 2. The highest BCUT2D eigenvalue weighted by atomic mass is 16.6. The third kappa shape index (κ3) is 3.37. The highest BCUT2D eigenvalue weighted by molar-refractivity contribution is 5.69. The second-order valence-corrected chi connectivity index (χ2v) is 5.89. The van der Waals surface area contributed by atoms with Crippen molar-refractivity contribution in [3.63, 3.8) is 0 Å². The van der Waals surface area contributed by atoms with Crippen LogP contribution in [0.15, 0.2) is 12.3 Å². The first-order chi connectivity index (χ1) is 9.40. The van der Waals surface area contributed by atoms with Crippen LogP contribution < -0.4 is 5.32 Å². The van der Waals surface area contributed by atoms with Crippen molar-refractivity contribution in [3.8, 4) is 0 Å². The van der Waals surface area contributed by atoms with Crippen LogP contribution in [-0.4, -0.2) is 40.2 Å². The van der Waals surface area contributed by atoms with Crippen LogP contribution in [0.4, 0.5) is 10.7 Å². The molecule has 20 heavy (non-hydrogen) atoms. The summed E-state index contributed by atoms with van der Waals surface area (Å²) < 4.78 is 5.46. The Morgan fingerprint density at radius 2 is 2.25 bits per heavy atom. The topological polar surface area (TPSA) is 67.4 Å². The monoisotopic (exact) mass is 278 g/mol. The molecule has 110 valence electrons. The fourth-order valence-electron chi connectivity index (χ4n) is 2.29. The molecule has 0 spiro atoms. The van der Waals surface area contributed by atoms with Crippen LogP contribution in [-0.2, 0) is 4.74 Å². The van der Waals surface area contributed by atoms with Crippen LogP contribution in [0.2, 0.25) is 0 Å². The number of nitrogens with one attached hydrogen (secondary N) is 1. The third-order valence-electron chi connectivity index (χ3n) is 3.12. The molecule has 0 radical (unpaired) electrons. The summed E-state index contributed by atoms with van der Waals surface area (Å²) in [6, 6.07) is 1.83. The number of hydrogen-bond acceptors (Lipinski definition) is 5. The molecular weight excluding hydrogens is 256 g/mol. The van der Waals surface area contributed by atoms with E-state index >= 15 is 0 Å². The van der Waals surface area contributed by atoms with Gasteiger partial charge in [-0.2, -0.15) is 0 Å². The van der Waals surface area contributed by atoms with Gasteiger partial charge in [-0.25, -0.2) is 14.8 Å². The van der Waals surface area contributed by atoms with Crippen molar-refractivity contribution in [1.29, 1.82) is 0 Å². The summed E-state index contributed by atoms with van der Waals surface area (Å²) in [4.78, 5) is 22.5. The Morgan fingerprint density at radius 1 is 1.50 bits per heavy atom. The highest BCUT2D eigenvalue weighted by Gasteiger charge is 2.34. The minimum absolute atomic E-state index is 0.0278. The Morgan fingerprint density at radius 3 is 2.90 bits per heavy atom. The van der Waals surface area contributed by atoms with Gasteiger partial charge >= 0.3 is 6.09 Å². The fraction of sp³-hybridized carbons (Fsp3) is 0.643. The molecule has 1 unspecified atom stereocenters. The number of amides is 1. The minimum atomic E-state index is -0.480. The molecule has 1 atom stereocenters. The van der Waals surface area contributed by atoms with E-state index in [1.54, 1.807) is 18.1 Å². The highest BCUT2D eigenvalue weighted by Crippen LogP contribution is 2.32. The molecule has 2 heterocycles. The lowest BCUT2D eigenvalue weighted by Crippen LogP contribution is -2.36. The van der Waals surface area contributed by atoms with Crippen molar-refractivity contribution in [3.05, 3.63) is 18.0 Å². The van der Waals surface area contributed by atoms with Gasteiger partial charge < -0.3 is 10.1 Å². The molecule has 1 saturated heterocycles. The van der Waals surface area contributed by atoms with Gasteiger partial charge in [0.25, 0.3) is 0 Å². The van der Waals surface area contributed by atoms with Crippen LogP contribution in [0.1, 0.15) is 45.3 Å². The van der Waals surface area contributed by atoms with Gasteiger partial charge in [0.05, 0.1) is 11.7 Å². The molecule has 0 saturated carbocycles. The molecule has 1 N–H and O–H groups in total. The van der Waals surface area contributed by atoms with Gasteiger partial charge in [0, 0.05) is 19.8 Å². The minimum Gasteiger partial charge on any atom is -0.444 e.